The van der Waals surface area contributed by atoms with Gasteiger partial charge in [-0.25, -0.2) is 0 Å². The van der Waals surface area contributed by atoms with E-state index in [9.17, 15) is 14.7 Å². The van der Waals surface area contributed by atoms with Crippen LogP contribution in [0.15, 0.2) is 18.2 Å². The first-order valence-corrected chi connectivity index (χ1v) is 11.8. The number of rotatable bonds is 6. The lowest BCUT2D eigenvalue weighted by molar-refractivity contribution is -0.206. The van der Waals surface area contributed by atoms with Crippen molar-refractivity contribution in [3.8, 4) is 11.5 Å². The summed E-state index contributed by atoms with van der Waals surface area (Å²) in [6, 6.07) is 5.77. The van der Waals surface area contributed by atoms with E-state index in [4.69, 9.17) is 14.2 Å². The summed E-state index contributed by atoms with van der Waals surface area (Å²) >= 11 is 0. The van der Waals surface area contributed by atoms with Crippen LogP contribution in [0.1, 0.15) is 63.5 Å². The lowest BCUT2D eigenvalue weighted by Gasteiger charge is -2.59. The highest BCUT2D eigenvalue weighted by atomic mass is 16.5. The summed E-state index contributed by atoms with van der Waals surface area (Å²) in [7, 11) is 1.62. The minimum absolute atomic E-state index is 0.0281. The van der Waals surface area contributed by atoms with Gasteiger partial charge >= 0.3 is 5.97 Å². The first-order chi connectivity index (χ1) is 15.3. The maximum atomic E-state index is 12.6. The van der Waals surface area contributed by atoms with Gasteiger partial charge in [0.15, 0.2) is 0 Å². The normalized spacial score (nSPS) is 30.4. The van der Waals surface area contributed by atoms with Crippen LogP contribution in [0.3, 0.4) is 0 Å². The zero-order valence-corrected chi connectivity index (χ0v) is 19.0. The van der Waals surface area contributed by atoms with Crippen LogP contribution in [0, 0.1) is 17.3 Å². The number of carboxylic acids is 1. The molecular formula is C25H33NO6. The Morgan fingerprint density at radius 1 is 1.28 bits per heavy atom. The molecule has 3 heterocycles. The number of carboxylic acid groups (broad SMARTS) is 1. The zero-order chi connectivity index (χ0) is 22.5. The Balaban J connectivity index is 1.35. The molecule has 2 saturated heterocycles. The van der Waals surface area contributed by atoms with E-state index < -0.39 is 11.6 Å². The van der Waals surface area contributed by atoms with Crippen LogP contribution < -0.4 is 9.47 Å². The molecule has 5 rings (SSSR count). The third-order valence-electron chi connectivity index (χ3n) is 8.17. The van der Waals surface area contributed by atoms with Gasteiger partial charge in [-0.3, -0.25) is 9.59 Å². The van der Waals surface area contributed by atoms with Crippen LogP contribution in [0.5, 0.6) is 11.5 Å². The van der Waals surface area contributed by atoms with Crippen LogP contribution >= 0.6 is 0 Å². The maximum Gasteiger partial charge on any atom is 0.303 e. The van der Waals surface area contributed by atoms with Gasteiger partial charge in [-0.05, 0) is 50.7 Å². The van der Waals surface area contributed by atoms with Gasteiger partial charge in [-0.2, -0.15) is 0 Å². The van der Waals surface area contributed by atoms with E-state index in [0.29, 0.717) is 36.9 Å². The molecule has 1 aromatic rings. The van der Waals surface area contributed by atoms with E-state index in [1.807, 2.05) is 30.0 Å². The Kier molecular flexibility index (Phi) is 5.35. The van der Waals surface area contributed by atoms with Crippen molar-refractivity contribution >= 4 is 11.9 Å². The van der Waals surface area contributed by atoms with E-state index in [1.165, 1.54) is 19.3 Å². The van der Waals surface area contributed by atoms with E-state index in [-0.39, 0.29) is 29.8 Å². The Morgan fingerprint density at radius 2 is 2.06 bits per heavy atom. The number of likely N-dealkylation sites (tertiary alicyclic amines) is 1. The summed E-state index contributed by atoms with van der Waals surface area (Å²) in [4.78, 5) is 26.0. The van der Waals surface area contributed by atoms with Gasteiger partial charge in [0.25, 0.3) is 0 Å². The van der Waals surface area contributed by atoms with Crippen LogP contribution in [0.2, 0.25) is 0 Å². The number of benzene rings is 1. The highest BCUT2D eigenvalue weighted by molar-refractivity contribution is 5.77. The van der Waals surface area contributed by atoms with Gasteiger partial charge in [-0.1, -0.05) is 6.42 Å². The number of carbonyl (C=O) groups excluding carboxylic acids is 1. The molecule has 3 atom stereocenters. The van der Waals surface area contributed by atoms with Crippen LogP contribution in [-0.4, -0.2) is 54.3 Å². The second kappa shape index (κ2) is 7.94. The fourth-order valence-corrected chi connectivity index (χ4v) is 5.97. The lowest BCUT2D eigenvalue weighted by atomic mass is 9.63. The van der Waals surface area contributed by atoms with Crippen molar-refractivity contribution in [2.24, 2.45) is 17.3 Å². The van der Waals surface area contributed by atoms with E-state index >= 15 is 0 Å². The first-order valence-electron chi connectivity index (χ1n) is 11.8. The summed E-state index contributed by atoms with van der Waals surface area (Å²) in [5.74, 6) is 1.46. The number of methoxy groups -OCH3 is 1. The van der Waals surface area contributed by atoms with Crippen molar-refractivity contribution in [1.82, 2.24) is 4.90 Å². The van der Waals surface area contributed by atoms with Crippen molar-refractivity contribution < 1.29 is 28.9 Å². The molecule has 7 nitrogen and oxygen atoms in total. The smallest absolute Gasteiger partial charge is 0.303 e. The quantitative estimate of drug-likeness (QED) is 0.720. The molecule has 32 heavy (non-hydrogen) atoms. The number of hydrogen-bond donors (Lipinski definition) is 1. The maximum absolute atomic E-state index is 12.6. The average Bonchev–Trinajstić information content (AvgIpc) is 2.72. The first kappa shape index (κ1) is 21.6. The van der Waals surface area contributed by atoms with Gasteiger partial charge in [0, 0.05) is 48.9 Å². The van der Waals surface area contributed by atoms with Crippen LogP contribution in [0.4, 0.5) is 0 Å². The van der Waals surface area contributed by atoms with Crippen molar-refractivity contribution in [1.29, 1.82) is 0 Å². The third kappa shape index (κ3) is 3.74. The molecule has 1 N–H and O–H groups in total. The standard InChI is InChI=1S/C25H33NO6/c1-24(9-8-22(28)29)19-12-25(13-26(14-25)21(27)10-16-4-3-5-16)15-31-23(19)18-7-6-17(30-2)11-20(18)32-24/h6-7,11,16,19,23H,3-5,8-10,12-15H2,1-2H3,(H,28,29)/t19-,23+,24-/m0/s1. The molecule has 7 heteroatoms. The second-order valence-electron chi connectivity index (χ2n) is 10.5. The van der Waals surface area contributed by atoms with Crippen molar-refractivity contribution in [2.45, 2.75) is 63.6 Å². The predicted octanol–water partition coefficient (Wildman–Crippen LogP) is 3.81. The highest BCUT2D eigenvalue weighted by Gasteiger charge is 2.57. The van der Waals surface area contributed by atoms with Gasteiger partial charge in [0.1, 0.15) is 17.1 Å². The molecule has 1 aliphatic carbocycles. The molecule has 0 unspecified atom stereocenters. The minimum atomic E-state index is -0.828. The van der Waals surface area contributed by atoms with Crippen molar-refractivity contribution in [3.63, 3.8) is 0 Å². The van der Waals surface area contributed by atoms with Gasteiger partial charge < -0.3 is 24.2 Å². The SMILES string of the molecule is COc1ccc2c(c1)O[C@@](C)(CCC(=O)O)[C@H]1CC3(CO[C@H]21)CN(C(=O)CC1CCC1)C3. The topological polar surface area (TPSA) is 85.3 Å². The third-order valence-corrected chi connectivity index (χ3v) is 8.17. The van der Waals surface area contributed by atoms with Crippen LogP contribution in [0.25, 0.3) is 0 Å². The Labute approximate surface area is 189 Å². The minimum Gasteiger partial charge on any atom is -0.497 e. The molecule has 0 radical (unpaired) electrons. The van der Waals surface area contributed by atoms with Gasteiger partial charge in [0.2, 0.25) is 5.91 Å². The molecule has 1 amide bonds. The molecule has 0 aromatic heterocycles. The Morgan fingerprint density at radius 3 is 2.72 bits per heavy atom. The monoisotopic (exact) mass is 443 g/mol. The molecule has 174 valence electrons. The number of carbonyl (C=O) groups is 2. The lowest BCUT2D eigenvalue weighted by Crippen LogP contribution is -2.65. The molecule has 1 spiro atoms. The van der Waals surface area contributed by atoms with E-state index in [1.54, 1.807) is 7.11 Å². The predicted molar refractivity (Wildman–Crippen MR) is 117 cm³/mol. The number of amides is 1. The number of nitrogens with zero attached hydrogens (tertiary/aromatic N) is 1. The molecule has 0 bridgehead atoms. The number of fused-ring (bicyclic) bond motifs is 3. The van der Waals surface area contributed by atoms with Crippen LogP contribution in [-0.2, 0) is 14.3 Å². The fraction of sp³-hybridized carbons (Fsp3) is 0.680. The summed E-state index contributed by atoms with van der Waals surface area (Å²) in [6.07, 6.45) is 5.46. The number of hydrogen-bond acceptors (Lipinski definition) is 5. The molecule has 3 aliphatic heterocycles. The van der Waals surface area contributed by atoms with Gasteiger partial charge in [-0.15, -0.1) is 0 Å². The molecular weight excluding hydrogens is 410 g/mol. The summed E-state index contributed by atoms with van der Waals surface area (Å²) in [5, 5.41) is 9.33. The highest BCUT2D eigenvalue weighted by Crippen LogP contribution is 2.56. The number of aliphatic carboxylic acids is 1. The number of ether oxygens (including phenoxy) is 3. The van der Waals surface area contributed by atoms with E-state index in [0.717, 1.165) is 25.1 Å². The van der Waals surface area contributed by atoms with Crippen molar-refractivity contribution in [2.75, 3.05) is 26.8 Å². The molecule has 4 aliphatic rings. The summed E-state index contributed by atoms with van der Waals surface area (Å²) in [5.41, 5.74) is 0.274. The second-order valence-corrected chi connectivity index (χ2v) is 10.5. The molecule has 1 aromatic carbocycles. The summed E-state index contributed by atoms with van der Waals surface area (Å²) < 4.78 is 18.3. The van der Waals surface area contributed by atoms with Crippen molar-refractivity contribution in [3.05, 3.63) is 23.8 Å². The fourth-order valence-electron chi connectivity index (χ4n) is 5.97. The summed E-state index contributed by atoms with van der Waals surface area (Å²) in [6.45, 7) is 4.08. The Bertz CT molecular complexity index is 906. The Hall–Kier alpha value is -2.28. The van der Waals surface area contributed by atoms with Gasteiger partial charge in [0.05, 0.1) is 19.8 Å². The largest absolute Gasteiger partial charge is 0.497 e. The molecule has 1 saturated carbocycles. The average molecular weight is 444 g/mol. The zero-order valence-electron chi connectivity index (χ0n) is 19.0. The van der Waals surface area contributed by atoms with E-state index in [2.05, 4.69) is 0 Å². The molecule has 3 fully saturated rings.